The van der Waals surface area contributed by atoms with Gasteiger partial charge in [0.25, 0.3) is 5.91 Å². The zero-order valence-electron chi connectivity index (χ0n) is 9.93. The summed E-state index contributed by atoms with van der Waals surface area (Å²) in [5.74, 6) is -1.68. The number of carbonyl (C=O) groups is 3. The molecular weight excluding hydrogens is 234 g/mol. The van der Waals surface area contributed by atoms with Crippen LogP contribution in [0.25, 0.3) is 6.08 Å². The number of amides is 1. The molecule has 1 N–H and O–H groups in total. The third-order valence-electron chi connectivity index (χ3n) is 2.06. The molecule has 0 bridgehead atoms. The average molecular weight is 247 g/mol. The van der Waals surface area contributed by atoms with Gasteiger partial charge in [-0.1, -0.05) is 24.8 Å². The molecule has 0 saturated heterocycles. The van der Waals surface area contributed by atoms with Crippen LogP contribution in [0.4, 0.5) is 0 Å². The molecule has 94 valence electrons. The van der Waals surface area contributed by atoms with Crippen LogP contribution in [0, 0.1) is 0 Å². The Hall–Kier alpha value is -2.43. The first kappa shape index (κ1) is 13.6. The number of hydrogen-bond donors (Lipinski definition) is 1. The van der Waals surface area contributed by atoms with Crippen LogP contribution < -0.4 is 5.48 Å². The van der Waals surface area contributed by atoms with Crippen LogP contribution in [0.3, 0.4) is 0 Å². The molecule has 0 aromatic heterocycles. The minimum atomic E-state index is -0.793. The molecule has 0 fully saturated rings. The molecule has 0 aliphatic rings. The van der Waals surface area contributed by atoms with Gasteiger partial charge in [-0.15, -0.1) is 0 Å². The summed E-state index contributed by atoms with van der Waals surface area (Å²) in [6, 6.07) is 6.56. The van der Waals surface area contributed by atoms with Gasteiger partial charge in [-0.05, 0) is 24.6 Å². The third kappa shape index (κ3) is 4.21. The number of nitrogens with one attached hydrogen (secondary N) is 1. The van der Waals surface area contributed by atoms with E-state index in [2.05, 4.69) is 11.4 Å². The fourth-order valence-corrected chi connectivity index (χ4v) is 1.17. The average Bonchev–Trinajstić information content (AvgIpc) is 2.35. The lowest BCUT2D eigenvalue weighted by molar-refractivity contribution is -0.150. The lowest BCUT2D eigenvalue weighted by Crippen LogP contribution is -2.27. The lowest BCUT2D eigenvalue weighted by atomic mass is 10.1. The van der Waals surface area contributed by atoms with E-state index in [0.717, 1.165) is 5.56 Å². The van der Waals surface area contributed by atoms with Crippen LogP contribution in [-0.4, -0.2) is 17.7 Å². The van der Waals surface area contributed by atoms with Gasteiger partial charge < -0.3 is 4.84 Å². The topological polar surface area (TPSA) is 72.5 Å². The highest BCUT2D eigenvalue weighted by Crippen LogP contribution is 2.05. The predicted octanol–water partition coefficient (Wildman–Crippen LogP) is 1.50. The number of rotatable bonds is 4. The first-order chi connectivity index (χ1) is 8.52. The summed E-state index contributed by atoms with van der Waals surface area (Å²) in [6.07, 6.45) is 1.28. The minimum absolute atomic E-state index is 0.329. The monoisotopic (exact) mass is 247 g/mol. The highest BCUT2D eigenvalue weighted by atomic mass is 16.7. The Morgan fingerprint density at radius 3 is 2.39 bits per heavy atom. The summed E-state index contributed by atoms with van der Waals surface area (Å²) in [7, 11) is 0. The second-order valence-electron chi connectivity index (χ2n) is 3.61. The van der Waals surface area contributed by atoms with Crippen molar-refractivity contribution in [2.24, 2.45) is 0 Å². The van der Waals surface area contributed by atoms with Gasteiger partial charge in [0.15, 0.2) is 0 Å². The second-order valence-corrected chi connectivity index (χ2v) is 3.61. The van der Waals surface area contributed by atoms with Crippen LogP contribution in [0.5, 0.6) is 0 Å². The van der Waals surface area contributed by atoms with Crippen LogP contribution in [0.1, 0.15) is 29.3 Å². The molecule has 5 nitrogen and oxygen atoms in total. The van der Waals surface area contributed by atoms with Crippen molar-refractivity contribution in [1.29, 1.82) is 0 Å². The molecule has 1 aromatic rings. The van der Waals surface area contributed by atoms with Crippen LogP contribution in [-0.2, 0) is 14.4 Å². The highest BCUT2D eigenvalue weighted by Gasteiger charge is 2.10. The zero-order valence-corrected chi connectivity index (χ0v) is 9.93. The first-order valence-corrected chi connectivity index (χ1v) is 5.25. The lowest BCUT2D eigenvalue weighted by Gasteiger charge is -2.05. The molecule has 0 aliphatic heterocycles. The maximum Gasteiger partial charge on any atom is 0.339 e. The fourth-order valence-electron chi connectivity index (χ4n) is 1.17. The molecule has 0 heterocycles. The van der Waals surface area contributed by atoms with Gasteiger partial charge in [-0.2, -0.15) is 5.48 Å². The van der Waals surface area contributed by atoms with Crippen molar-refractivity contribution in [1.82, 2.24) is 5.48 Å². The van der Waals surface area contributed by atoms with Crippen molar-refractivity contribution < 1.29 is 19.2 Å². The van der Waals surface area contributed by atoms with Gasteiger partial charge >= 0.3 is 5.97 Å². The Labute approximate surface area is 104 Å². The Morgan fingerprint density at radius 1 is 1.28 bits per heavy atom. The van der Waals surface area contributed by atoms with Gasteiger partial charge in [0.2, 0.25) is 0 Å². The fraction of sp³-hybridized carbons (Fsp3) is 0.154. The molecular formula is C13H13NO4. The van der Waals surface area contributed by atoms with Crippen molar-refractivity contribution in [3.8, 4) is 0 Å². The van der Waals surface area contributed by atoms with Gasteiger partial charge in [-0.25, -0.2) is 4.79 Å². The van der Waals surface area contributed by atoms with Gasteiger partial charge in [-0.3, -0.25) is 9.59 Å². The molecule has 0 saturated carbocycles. The molecule has 0 atom stereocenters. The summed E-state index contributed by atoms with van der Waals surface area (Å²) in [4.78, 5) is 37.6. The molecule has 18 heavy (non-hydrogen) atoms. The summed E-state index contributed by atoms with van der Waals surface area (Å²) in [6.45, 7) is 4.85. The number of Topliss-reactive ketones (excluding diaryl/α,β-unsaturated/α-hetero) is 1. The summed E-state index contributed by atoms with van der Waals surface area (Å²) in [5.41, 5.74) is 3.19. The Kier molecular flexibility index (Phi) is 4.80. The van der Waals surface area contributed by atoms with Crippen molar-refractivity contribution >= 4 is 23.7 Å². The van der Waals surface area contributed by atoms with E-state index in [-0.39, 0.29) is 12.2 Å². The number of hydrogen-bond acceptors (Lipinski definition) is 4. The number of ketones is 1. The number of hydroxylamine groups is 1. The third-order valence-corrected chi connectivity index (χ3v) is 2.06. The standard InChI is InChI=1S/C13H13NO4/c1-3-10-4-6-11(7-5-10)13(17)14-18-12(16)8-9(2)15/h3-7H,1,8H2,2H3,(H,14,17). The van der Waals surface area contributed by atoms with Crippen molar-refractivity contribution in [3.63, 3.8) is 0 Å². The smallest absolute Gasteiger partial charge is 0.339 e. The minimum Gasteiger partial charge on any atom is -0.340 e. The highest BCUT2D eigenvalue weighted by molar-refractivity contribution is 5.97. The van der Waals surface area contributed by atoms with Gasteiger partial charge in [0.1, 0.15) is 12.2 Å². The molecule has 1 rings (SSSR count). The normalized spacial score (nSPS) is 9.39. The van der Waals surface area contributed by atoms with E-state index in [0.29, 0.717) is 5.56 Å². The summed E-state index contributed by atoms with van der Waals surface area (Å²) in [5, 5.41) is 0. The van der Waals surface area contributed by atoms with Crippen molar-refractivity contribution in [2.45, 2.75) is 13.3 Å². The SMILES string of the molecule is C=Cc1ccc(C(=O)NOC(=O)CC(C)=O)cc1. The Balaban J connectivity index is 2.52. The van der Waals surface area contributed by atoms with Crippen molar-refractivity contribution in [3.05, 3.63) is 42.0 Å². The van der Waals surface area contributed by atoms with E-state index in [1.807, 2.05) is 5.48 Å². The van der Waals surface area contributed by atoms with Crippen LogP contribution >= 0.6 is 0 Å². The molecule has 0 aliphatic carbocycles. The van der Waals surface area contributed by atoms with Crippen molar-refractivity contribution in [2.75, 3.05) is 0 Å². The van der Waals surface area contributed by atoms with E-state index in [4.69, 9.17) is 0 Å². The van der Waals surface area contributed by atoms with Gasteiger partial charge in [0, 0.05) is 5.56 Å². The van der Waals surface area contributed by atoms with E-state index in [1.165, 1.54) is 6.92 Å². The van der Waals surface area contributed by atoms with E-state index in [9.17, 15) is 14.4 Å². The molecule has 0 radical (unpaired) electrons. The number of benzene rings is 1. The zero-order chi connectivity index (χ0) is 13.5. The van der Waals surface area contributed by atoms with Gasteiger partial charge in [0.05, 0.1) is 0 Å². The summed E-state index contributed by atoms with van der Waals surface area (Å²) >= 11 is 0. The molecule has 1 aromatic carbocycles. The first-order valence-electron chi connectivity index (χ1n) is 5.25. The summed E-state index contributed by atoms with van der Waals surface area (Å²) < 4.78 is 0. The van der Waals surface area contributed by atoms with E-state index >= 15 is 0 Å². The Bertz CT molecular complexity index is 476. The maximum absolute atomic E-state index is 11.5. The van der Waals surface area contributed by atoms with Crippen LogP contribution in [0.2, 0.25) is 0 Å². The van der Waals surface area contributed by atoms with E-state index in [1.54, 1.807) is 30.3 Å². The largest absolute Gasteiger partial charge is 0.340 e. The molecule has 1 amide bonds. The quantitative estimate of drug-likeness (QED) is 0.646. The molecule has 5 heteroatoms. The number of carbonyl (C=O) groups excluding carboxylic acids is 3. The predicted molar refractivity (Wildman–Crippen MR) is 65.4 cm³/mol. The second kappa shape index (κ2) is 6.34. The Morgan fingerprint density at radius 2 is 1.89 bits per heavy atom. The van der Waals surface area contributed by atoms with Crippen LogP contribution in [0.15, 0.2) is 30.8 Å². The molecule has 0 unspecified atom stereocenters. The maximum atomic E-state index is 11.5. The molecule has 0 spiro atoms. The van der Waals surface area contributed by atoms with E-state index < -0.39 is 11.9 Å².